The van der Waals surface area contributed by atoms with Gasteiger partial charge in [0.25, 0.3) is 5.56 Å². The van der Waals surface area contributed by atoms with Crippen molar-refractivity contribution in [1.82, 2.24) is 14.6 Å². The molecule has 4 aromatic rings. The second-order valence-electron chi connectivity index (χ2n) is 9.82. The zero-order valence-corrected chi connectivity index (χ0v) is 21.0. The summed E-state index contributed by atoms with van der Waals surface area (Å²) >= 11 is 0. The molecule has 0 amide bonds. The maximum absolute atomic E-state index is 14.1. The van der Waals surface area contributed by atoms with Gasteiger partial charge in [-0.1, -0.05) is 56.3 Å². The van der Waals surface area contributed by atoms with E-state index in [1.54, 1.807) is 11.6 Å². The Hall–Kier alpha value is -3.54. The Bertz CT molecular complexity index is 1360. The summed E-state index contributed by atoms with van der Waals surface area (Å²) in [6.07, 6.45) is 3.55. The molecule has 1 saturated heterocycles. The topological polar surface area (TPSA) is 62.6 Å². The molecule has 3 heterocycles. The highest BCUT2D eigenvalue weighted by atomic mass is 16.5. The minimum absolute atomic E-state index is 0.0255. The van der Waals surface area contributed by atoms with Crippen LogP contribution in [0.2, 0.25) is 0 Å². The van der Waals surface area contributed by atoms with Gasteiger partial charge in [-0.2, -0.15) is 4.52 Å². The first kappa shape index (κ1) is 23.2. The molecule has 1 atom stereocenters. The monoisotopic (exact) mass is 470 g/mol. The maximum atomic E-state index is 14.1. The second-order valence-corrected chi connectivity index (χ2v) is 9.82. The lowest BCUT2D eigenvalue weighted by molar-refractivity contribution is 0.414. The van der Waals surface area contributed by atoms with Crippen LogP contribution in [0.15, 0.2) is 59.4 Å². The van der Waals surface area contributed by atoms with E-state index < -0.39 is 0 Å². The molecule has 1 unspecified atom stereocenters. The van der Waals surface area contributed by atoms with Crippen molar-refractivity contribution < 1.29 is 4.74 Å². The van der Waals surface area contributed by atoms with E-state index in [0.29, 0.717) is 5.65 Å². The third-order valence-electron chi connectivity index (χ3n) is 7.17. The van der Waals surface area contributed by atoms with E-state index in [1.165, 1.54) is 6.42 Å². The predicted octanol–water partition coefficient (Wildman–Crippen LogP) is 5.78. The zero-order valence-electron chi connectivity index (χ0n) is 21.0. The SMILES string of the molecule is COc1ccc(C(c2c(C)nc3c(N4CCCCC4)c(-c4ccccc4)[nH]n3c2=O)C(C)C)cc1. The molecule has 1 aliphatic rings. The van der Waals surface area contributed by atoms with Crippen molar-refractivity contribution in [3.05, 3.63) is 81.8 Å². The molecule has 0 saturated carbocycles. The molecule has 0 aliphatic carbocycles. The molecule has 0 radical (unpaired) electrons. The van der Waals surface area contributed by atoms with Crippen LogP contribution in [-0.4, -0.2) is 34.8 Å². The molecule has 1 fully saturated rings. The number of benzene rings is 2. The zero-order chi connectivity index (χ0) is 24.5. The Morgan fingerprint density at radius 1 is 0.971 bits per heavy atom. The van der Waals surface area contributed by atoms with Gasteiger partial charge in [-0.25, -0.2) is 4.98 Å². The summed E-state index contributed by atoms with van der Waals surface area (Å²) in [7, 11) is 1.67. The van der Waals surface area contributed by atoms with Crippen LogP contribution in [0.4, 0.5) is 5.69 Å². The third kappa shape index (κ3) is 4.22. The summed E-state index contributed by atoms with van der Waals surface area (Å²) in [5, 5.41) is 3.46. The van der Waals surface area contributed by atoms with Gasteiger partial charge in [-0.15, -0.1) is 0 Å². The van der Waals surface area contributed by atoms with Gasteiger partial charge < -0.3 is 9.64 Å². The number of ether oxygens (including phenoxy) is 1. The number of H-pyrrole nitrogens is 1. The number of aromatic nitrogens is 3. The number of rotatable bonds is 6. The van der Waals surface area contributed by atoms with Crippen LogP contribution in [0.1, 0.15) is 55.8 Å². The fourth-order valence-corrected chi connectivity index (χ4v) is 5.46. The van der Waals surface area contributed by atoms with E-state index in [2.05, 4.69) is 48.1 Å². The molecule has 0 spiro atoms. The van der Waals surface area contributed by atoms with Gasteiger partial charge in [0.2, 0.25) is 0 Å². The van der Waals surface area contributed by atoms with Crippen molar-refractivity contribution in [3.63, 3.8) is 0 Å². The smallest absolute Gasteiger partial charge is 0.276 e. The van der Waals surface area contributed by atoms with Gasteiger partial charge in [-0.3, -0.25) is 9.89 Å². The highest BCUT2D eigenvalue weighted by molar-refractivity contribution is 5.86. The van der Waals surface area contributed by atoms with Gasteiger partial charge in [0, 0.05) is 35.8 Å². The summed E-state index contributed by atoms with van der Waals surface area (Å²) in [5.74, 6) is 0.959. The molecule has 6 nitrogen and oxygen atoms in total. The first-order valence-corrected chi connectivity index (χ1v) is 12.6. The average molecular weight is 471 g/mol. The second kappa shape index (κ2) is 9.61. The van der Waals surface area contributed by atoms with Crippen LogP contribution in [-0.2, 0) is 0 Å². The van der Waals surface area contributed by atoms with Crippen molar-refractivity contribution in [2.45, 2.75) is 46.0 Å². The summed E-state index contributed by atoms with van der Waals surface area (Å²) in [4.78, 5) is 21.6. The van der Waals surface area contributed by atoms with Gasteiger partial charge in [0.05, 0.1) is 12.8 Å². The molecule has 6 heteroatoms. The summed E-state index contributed by atoms with van der Waals surface area (Å²) in [6.45, 7) is 8.25. The van der Waals surface area contributed by atoms with Crippen LogP contribution < -0.4 is 15.2 Å². The number of methoxy groups -OCH3 is 1. The molecule has 182 valence electrons. The largest absolute Gasteiger partial charge is 0.497 e. The number of anilines is 1. The predicted molar refractivity (Wildman–Crippen MR) is 142 cm³/mol. The number of piperidine rings is 1. The Kier molecular flexibility index (Phi) is 6.37. The lowest BCUT2D eigenvalue weighted by Crippen LogP contribution is -2.30. The van der Waals surface area contributed by atoms with E-state index in [1.807, 2.05) is 37.3 Å². The first-order chi connectivity index (χ1) is 17.0. The van der Waals surface area contributed by atoms with Crippen molar-refractivity contribution >= 4 is 11.3 Å². The highest BCUT2D eigenvalue weighted by Crippen LogP contribution is 2.37. The number of fused-ring (bicyclic) bond motifs is 1. The minimum Gasteiger partial charge on any atom is -0.497 e. The number of hydrogen-bond donors (Lipinski definition) is 1. The minimum atomic E-state index is -0.0697. The van der Waals surface area contributed by atoms with Crippen molar-refractivity contribution in [3.8, 4) is 17.0 Å². The van der Waals surface area contributed by atoms with Crippen LogP contribution in [0.3, 0.4) is 0 Å². The van der Waals surface area contributed by atoms with Gasteiger partial charge in [0.1, 0.15) is 11.4 Å². The summed E-state index contributed by atoms with van der Waals surface area (Å²) < 4.78 is 7.02. The lowest BCUT2D eigenvalue weighted by Gasteiger charge is -2.29. The highest BCUT2D eigenvalue weighted by Gasteiger charge is 2.29. The molecular weight excluding hydrogens is 436 g/mol. The Balaban J connectivity index is 1.73. The number of nitrogens with zero attached hydrogens (tertiary/aromatic N) is 3. The lowest BCUT2D eigenvalue weighted by atomic mass is 9.82. The van der Waals surface area contributed by atoms with E-state index in [0.717, 1.165) is 65.4 Å². The number of nitrogens with one attached hydrogen (secondary N) is 1. The summed E-state index contributed by atoms with van der Waals surface area (Å²) in [5.41, 5.74) is 6.38. The molecule has 35 heavy (non-hydrogen) atoms. The first-order valence-electron chi connectivity index (χ1n) is 12.6. The normalized spacial score (nSPS) is 15.1. The van der Waals surface area contributed by atoms with Crippen LogP contribution in [0.5, 0.6) is 5.75 Å². The molecule has 5 rings (SSSR count). The number of aryl methyl sites for hydroxylation is 1. The van der Waals surface area contributed by atoms with E-state index in [9.17, 15) is 4.79 Å². The molecule has 2 aromatic carbocycles. The Morgan fingerprint density at radius 3 is 2.29 bits per heavy atom. The van der Waals surface area contributed by atoms with Crippen molar-refractivity contribution in [2.75, 3.05) is 25.1 Å². The molecule has 1 aliphatic heterocycles. The van der Waals surface area contributed by atoms with Crippen LogP contribution in [0.25, 0.3) is 16.9 Å². The Morgan fingerprint density at radius 2 is 1.66 bits per heavy atom. The fraction of sp³-hybridized carbons (Fsp3) is 0.379. The van der Waals surface area contributed by atoms with E-state index in [-0.39, 0.29) is 17.4 Å². The average Bonchev–Trinajstić information content (AvgIpc) is 3.27. The maximum Gasteiger partial charge on any atom is 0.276 e. The number of aromatic amines is 1. The Labute approximate surface area is 206 Å². The fourth-order valence-electron chi connectivity index (χ4n) is 5.46. The van der Waals surface area contributed by atoms with Gasteiger partial charge in [0.15, 0.2) is 5.65 Å². The van der Waals surface area contributed by atoms with Crippen LogP contribution >= 0.6 is 0 Å². The molecular formula is C29H34N4O2. The third-order valence-corrected chi connectivity index (χ3v) is 7.17. The molecule has 0 bridgehead atoms. The van der Waals surface area contributed by atoms with Gasteiger partial charge in [-0.05, 0) is 49.8 Å². The van der Waals surface area contributed by atoms with Crippen molar-refractivity contribution in [1.29, 1.82) is 0 Å². The summed E-state index contributed by atoms with van der Waals surface area (Å²) in [6, 6.07) is 18.3. The number of hydrogen-bond acceptors (Lipinski definition) is 4. The van der Waals surface area contributed by atoms with Gasteiger partial charge >= 0.3 is 0 Å². The van der Waals surface area contributed by atoms with E-state index in [4.69, 9.17) is 9.72 Å². The molecule has 2 aromatic heterocycles. The van der Waals surface area contributed by atoms with Crippen LogP contribution in [0, 0.1) is 12.8 Å². The molecule has 1 N–H and O–H groups in total. The standard InChI is InChI=1S/C29H34N4O2/c1-19(2)24(21-13-15-23(35-4)16-14-21)25-20(3)30-28-27(32-17-9-6-10-18-32)26(31-33(28)29(25)34)22-11-7-5-8-12-22/h5,7-8,11-16,19,24,31H,6,9-10,17-18H2,1-4H3. The van der Waals surface area contributed by atoms with Crippen molar-refractivity contribution in [2.24, 2.45) is 5.92 Å². The van der Waals surface area contributed by atoms with E-state index >= 15 is 0 Å². The quantitative estimate of drug-likeness (QED) is 0.388.